The van der Waals surface area contributed by atoms with Crippen molar-refractivity contribution in [2.24, 2.45) is 5.41 Å². The van der Waals surface area contributed by atoms with Crippen LogP contribution in [0.25, 0.3) is 0 Å². The first-order valence-corrected chi connectivity index (χ1v) is 8.98. The number of rotatable bonds is 2. The number of fused-ring (bicyclic) bond motifs is 1. The predicted octanol–water partition coefficient (Wildman–Crippen LogP) is 0.0665. The molecule has 1 unspecified atom stereocenters. The molecular formula is C17H25N5O3. The van der Waals surface area contributed by atoms with Crippen LogP contribution in [0.15, 0.2) is 0 Å². The quantitative estimate of drug-likeness (QED) is 0.700. The molecule has 3 N–H and O–H groups in total. The average molecular weight is 347 g/mol. The summed E-state index contributed by atoms with van der Waals surface area (Å²) in [6, 6.07) is -0.751. The number of aromatic amines is 1. The van der Waals surface area contributed by atoms with Crippen molar-refractivity contribution >= 4 is 11.9 Å². The molecule has 3 aliphatic rings. The van der Waals surface area contributed by atoms with Gasteiger partial charge in [0.05, 0.1) is 0 Å². The van der Waals surface area contributed by atoms with Crippen molar-refractivity contribution in [3.63, 3.8) is 0 Å². The lowest BCUT2D eigenvalue weighted by Crippen LogP contribution is -2.42. The van der Waals surface area contributed by atoms with Gasteiger partial charge in [-0.2, -0.15) is 5.10 Å². The molecule has 2 fully saturated rings. The van der Waals surface area contributed by atoms with E-state index >= 15 is 0 Å². The maximum atomic E-state index is 13.2. The van der Waals surface area contributed by atoms with Crippen molar-refractivity contribution in [1.29, 1.82) is 0 Å². The highest BCUT2D eigenvalue weighted by Crippen LogP contribution is 2.42. The summed E-state index contributed by atoms with van der Waals surface area (Å²) in [6.07, 6.45) is 3.22. The number of carboxylic acids is 1. The van der Waals surface area contributed by atoms with E-state index < -0.39 is 12.0 Å². The third-order valence-corrected chi connectivity index (χ3v) is 6.05. The van der Waals surface area contributed by atoms with Crippen molar-refractivity contribution < 1.29 is 14.7 Å². The summed E-state index contributed by atoms with van der Waals surface area (Å²) >= 11 is 0. The van der Waals surface area contributed by atoms with E-state index in [1.807, 2.05) is 7.05 Å². The van der Waals surface area contributed by atoms with Crippen LogP contribution in [0.4, 0.5) is 0 Å². The average Bonchev–Trinajstić information content (AvgIpc) is 3.17. The van der Waals surface area contributed by atoms with Gasteiger partial charge in [0.1, 0.15) is 6.04 Å². The first kappa shape index (κ1) is 16.5. The van der Waals surface area contributed by atoms with Gasteiger partial charge < -0.3 is 20.2 Å². The molecule has 1 aromatic heterocycles. The number of carbonyl (C=O) groups excluding carboxylic acids is 1. The van der Waals surface area contributed by atoms with Crippen LogP contribution >= 0.6 is 0 Å². The lowest BCUT2D eigenvalue weighted by Gasteiger charge is -2.33. The highest BCUT2D eigenvalue weighted by molar-refractivity contribution is 5.97. The summed E-state index contributed by atoms with van der Waals surface area (Å²) in [5, 5.41) is 20.2. The number of aromatic nitrogens is 2. The molecule has 0 aliphatic carbocycles. The normalized spacial score (nSPS) is 26.0. The summed E-state index contributed by atoms with van der Waals surface area (Å²) in [7, 11) is 2.02. The molecule has 136 valence electrons. The van der Waals surface area contributed by atoms with Crippen molar-refractivity contribution in [3.05, 3.63) is 17.0 Å². The van der Waals surface area contributed by atoms with Crippen molar-refractivity contribution in [2.75, 3.05) is 33.2 Å². The minimum absolute atomic E-state index is 0.0723. The Kier molecular flexibility index (Phi) is 4.04. The van der Waals surface area contributed by atoms with Crippen LogP contribution < -0.4 is 5.32 Å². The Morgan fingerprint density at radius 3 is 2.80 bits per heavy atom. The molecule has 3 aliphatic heterocycles. The second-order valence-electron chi connectivity index (χ2n) is 7.76. The Labute approximate surface area is 146 Å². The third-order valence-electron chi connectivity index (χ3n) is 6.05. The van der Waals surface area contributed by atoms with Gasteiger partial charge in [-0.25, -0.2) is 4.79 Å². The topological polar surface area (TPSA) is 102 Å². The Morgan fingerprint density at radius 2 is 2.08 bits per heavy atom. The van der Waals surface area contributed by atoms with Crippen molar-refractivity contribution in [2.45, 2.75) is 38.3 Å². The van der Waals surface area contributed by atoms with Gasteiger partial charge in [0, 0.05) is 37.3 Å². The molecule has 4 rings (SSSR count). The van der Waals surface area contributed by atoms with Gasteiger partial charge >= 0.3 is 5.97 Å². The monoisotopic (exact) mass is 347 g/mol. The first-order valence-electron chi connectivity index (χ1n) is 8.98. The molecule has 8 heteroatoms. The molecule has 1 amide bonds. The van der Waals surface area contributed by atoms with Gasteiger partial charge in [0.2, 0.25) is 0 Å². The lowest BCUT2D eigenvalue weighted by molar-refractivity contribution is -0.141. The molecule has 0 aromatic carbocycles. The van der Waals surface area contributed by atoms with Gasteiger partial charge in [-0.15, -0.1) is 0 Å². The van der Waals surface area contributed by atoms with Crippen LogP contribution in [0.1, 0.15) is 41.0 Å². The molecule has 2 saturated heterocycles. The number of carboxylic acid groups (broad SMARTS) is 1. The van der Waals surface area contributed by atoms with E-state index in [-0.39, 0.29) is 11.3 Å². The number of carbonyl (C=O) groups is 2. The van der Waals surface area contributed by atoms with E-state index in [0.717, 1.165) is 50.2 Å². The smallest absolute Gasteiger partial charge is 0.326 e. The largest absolute Gasteiger partial charge is 0.480 e. The predicted molar refractivity (Wildman–Crippen MR) is 90.2 cm³/mol. The van der Waals surface area contributed by atoms with Crippen LogP contribution in [-0.4, -0.2) is 76.2 Å². The Balaban J connectivity index is 1.62. The molecule has 0 radical (unpaired) electrons. The Morgan fingerprint density at radius 1 is 1.32 bits per heavy atom. The second-order valence-corrected chi connectivity index (χ2v) is 7.76. The van der Waals surface area contributed by atoms with Crippen LogP contribution in [-0.2, 0) is 17.8 Å². The van der Waals surface area contributed by atoms with Crippen LogP contribution in [0.3, 0.4) is 0 Å². The zero-order chi connectivity index (χ0) is 17.6. The molecule has 8 nitrogen and oxygen atoms in total. The number of hydrogen-bond acceptors (Lipinski definition) is 5. The Bertz CT molecular complexity index is 694. The van der Waals surface area contributed by atoms with Crippen LogP contribution in [0.2, 0.25) is 0 Å². The van der Waals surface area contributed by atoms with Gasteiger partial charge in [-0.3, -0.25) is 9.89 Å². The summed E-state index contributed by atoms with van der Waals surface area (Å²) in [5.41, 5.74) is 2.26. The highest BCUT2D eigenvalue weighted by Gasteiger charge is 2.49. The van der Waals surface area contributed by atoms with Crippen LogP contribution in [0.5, 0.6) is 0 Å². The van der Waals surface area contributed by atoms with E-state index in [9.17, 15) is 14.7 Å². The van der Waals surface area contributed by atoms with Crippen molar-refractivity contribution in [1.82, 2.24) is 25.3 Å². The highest BCUT2D eigenvalue weighted by atomic mass is 16.4. The molecule has 0 bridgehead atoms. The number of amides is 1. The maximum absolute atomic E-state index is 13.2. The standard InChI is InChI=1S/C17H25N5O3/c1-21-7-2-12-11(9-21)14(20-19-12)15(23)22-10-17(3-5-18-6-4-17)8-13(22)16(24)25/h13,18H,2-10H2,1H3,(H,19,20)(H,24,25). The summed E-state index contributed by atoms with van der Waals surface area (Å²) in [5.74, 6) is -1.15. The fourth-order valence-corrected chi connectivity index (χ4v) is 4.55. The summed E-state index contributed by atoms with van der Waals surface area (Å²) < 4.78 is 0. The summed E-state index contributed by atoms with van der Waals surface area (Å²) in [6.45, 7) is 3.89. The molecule has 25 heavy (non-hydrogen) atoms. The van der Waals surface area contributed by atoms with Gasteiger partial charge in [0.25, 0.3) is 5.91 Å². The third kappa shape index (κ3) is 2.83. The Hall–Kier alpha value is -1.93. The van der Waals surface area contributed by atoms with Gasteiger partial charge in [0.15, 0.2) is 5.69 Å². The van der Waals surface area contributed by atoms with E-state index in [0.29, 0.717) is 25.2 Å². The summed E-state index contributed by atoms with van der Waals surface area (Å²) in [4.78, 5) is 28.7. The number of likely N-dealkylation sites (N-methyl/N-ethyl adjacent to an activating group) is 1. The van der Waals surface area contributed by atoms with E-state index in [1.165, 1.54) is 0 Å². The van der Waals surface area contributed by atoms with Crippen LogP contribution in [0, 0.1) is 5.41 Å². The molecule has 1 aromatic rings. The minimum Gasteiger partial charge on any atom is -0.480 e. The molecule has 1 atom stereocenters. The molecular weight excluding hydrogens is 322 g/mol. The number of likely N-dealkylation sites (tertiary alicyclic amines) is 1. The van der Waals surface area contributed by atoms with E-state index in [2.05, 4.69) is 20.4 Å². The van der Waals surface area contributed by atoms with E-state index in [1.54, 1.807) is 4.90 Å². The SMILES string of the molecule is CN1CCc2[nH]nc(C(=O)N3CC4(CCNCC4)CC3C(=O)O)c2C1. The number of aliphatic carboxylic acids is 1. The number of nitrogens with one attached hydrogen (secondary N) is 2. The molecule has 4 heterocycles. The zero-order valence-electron chi connectivity index (χ0n) is 14.5. The number of piperidine rings is 1. The fourth-order valence-electron chi connectivity index (χ4n) is 4.55. The second kappa shape index (κ2) is 6.10. The number of H-pyrrole nitrogens is 1. The van der Waals surface area contributed by atoms with Gasteiger partial charge in [-0.05, 0) is 44.8 Å². The molecule has 0 saturated carbocycles. The van der Waals surface area contributed by atoms with Gasteiger partial charge in [-0.1, -0.05) is 0 Å². The molecule has 1 spiro atoms. The zero-order valence-corrected chi connectivity index (χ0v) is 14.5. The number of hydrogen-bond donors (Lipinski definition) is 3. The van der Waals surface area contributed by atoms with Crippen molar-refractivity contribution in [3.8, 4) is 0 Å². The maximum Gasteiger partial charge on any atom is 0.326 e. The number of nitrogens with zero attached hydrogens (tertiary/aromatic N) is 3. The van der Waals surface area contributed by atoms with E-state index in [4.69, 9.17) is 0 Å². The first-order chi connectivity index (χ1) is 12.0. The lowest BCUT2D eigenvalue weighted by atomic mass is 9.77. The minimum atomic E-state index is -0.912. The fraction of sp³-hybridized carbons (Fsp3) is 0.706.